The molecule has 3 aromatic rings. The second-order valence-electron chi connectivity index (χ2n) is 6.78. The molecule has 0 saturated heterocycles. The predicted octanol–water partition coefficient (Wildman–Crippen LogP) is 4.97. The van der Waals surface area contributed by atoms with E-state index in [2.05, 4.69) is 5.32 Å². The molecular weight excluding hydrogens is 414 g/mol. The van der Waals surface area contributed by atoms with Gasteiger partial charge in [-0.15, -0.1) is 11.3 Å². The summed E-state index contributed by atoms with van der Waals surface area (Å²) in [7, 11) is 0. The summed E-state index contributed by atoms with van der Waals surface area (Å²) in [5.74, 6) is -0.174. The third-order valence-electron chi connectivity index (χ3n) is 5.03. The Hall–Kier alpha value is -3.03. The summed E-state index contributed by atoms with van der Waals surface area (Å²) < 4.78 is 10.8. The van der Waals surface area contributed by atoms with Crippen LogP contribution < -0.4 is 14.8 Å². The first-order valence-electron chi connectivity index (χ1n) is 8.86. The Bertz CT molecular complexity index is 1150. The number of anilines is 1. The minimum atomic E-state index is -1.03. The molecule has 0 bridgehead atoms. The molecule has 8 heteroatoms. The third-order valence-corrected chi connectivity index (χ3v) is 6.58. The SMILES string of the molecule is O=C1C[C@H](c2ccc3c(c2)OCO3)c2sc(C(=O)O)c(-c3ccc(Cl)cc3)c2N1. The number of amides is 1. The summed E-state index contributed by atoms with van der Waals surface area (Å²) >= 11 is 7.17. The zero-order valence-electron chi connectivity index (χ0n) is 14.9. The summed E-state index contributed by atoms with van der Waals surface area (Å²) in [5.41, 5.74) is 2.63. The summed E-state index contributed by atoms with van der Waals surface area (Å²) in [6, 6.07) is 12.5. The Morgan fingerprint density at radius 1 is 1.14 bits per heavy atom. The molecule has 29 heavy (non-hydrogen) atoms. The van der Waals surface area contributed by atoms with E-state index in [1.165, 1.54) is 11.3 Å². The standard InChI is InChI=1S/C21H14ClNO5S/c22-12-4-1-10(2-5-12)17-18-19(29-20(17)21(25)26)13(8-16(24)23-18)11-3-6-14-15(7-11)28-9-27-14/h1-7,13H,8-9H2,(H,23,24)(H,25,26)/t13-/m1/s1. The van der Waals surface area contributed by atoms with Crippen molar-refractivity contribution in [2.75, 3.05) is 12.1 Å². The number of rotatable bonds is 3. The molecule has 0 saturated carbocycles. The lowest BCUT2D eigenvalue weighted by Gasteiger charge is -2.24. The molecule has 1 aromatic heterocycles. The van der Waals surface area contributed by atoms with Crippen LogP contribution in [0.5, 0.6) is 11.5 Å². The highest BCUT2D eigenvalue weighted by Gasteiger charge is 2.35. The fourth-order valence-corrected chi connectivity index (χ4v) is 5.10. The molecule has 2 aliphatic heterocycles. The fourth-order valence-electron chi connectivity index (χ4n) is 3.73. The average molecular weight is 428 g/mol. The van der Waals surface area contributed by atoms with E-state index in [0.717, 1.165) is 10.4 Å². The van der Waals surface area contributed by atoms with Gasteiger partial charge in [-0.2, -0.15) is 0 Å². The van der Waals surface area contributed by atoms with Gasteiger partial charge in [-0.05, 0) is 35.4 Å². The van der Waals surface area contributed by atoms with Crippen LogP contribution in [0.15, 0.2) is 42.5 Å². The normalized spacial score (nSPS) is 17.0. The number of carboxylic acids is 1. The lowest BCUT2D eigenvalue weighted by Crippen LogP contribution is -2.22. The van der Waals surface area contributed by atoms with Gasteiger partial charge < -0.3 is 19.9 Å². The molecule has 2 aliphatic rings. The molecule has 2 aromatic carbocycles. The topological polar surface area (TPSA) is 84.9 Å². The number of benzene rings is 2. The van der Waals surface area contributed by atoms with Crippen LogP contribution in [0.4, 0.5) is 5.69 Å². The average Bonchev–Trinajstić information content (AvgIpc) is 3.32. The maximum atomic E-state index is 12.5. The Morgan fingerprint density at radius 2 is 1.90 bits per heavy atom. The Labute approximate surface area is 174 Å². The van der Waals surface area contributed by atoms with Crippen LogP contribution in [0.25, 0.3) is 11.1 Å². The number of nitrogens with one attached hydrogen (secondary N) is 1. The first-order chi connectivity index (χ1) is 14.0. The molecule has 1 atom stereocenters. The van der Waals surface area contributed by atoms with Crippen LogP contribution in [0.3, 0.4) is 0 Å². The quantitative estimate of drug-likeness (QED) is 0.616. The van der Waals surface area contributed by atoms with Gasteiger partial charge in [0.2, 0.25) is 12.7 Å². The molecule has 1 amide bonds. The molecule has 6 nitrogen and oxygen atoms in total. The van der Waals surface area contributed by atoms with Gasteiger partial charge in [0.05, 0.1) is 5.69 Å². The fraction of sp³-hybridized carbons (Fsp3) is 0.143. The largest absolute Gasteiger partial charge is 0.477 e. The number of thiophene rings is 1. The first kappa shape index (κ1) is 18.0. The highest BCUT2D eigenvalue weighted by molar-refractivity contribution is 7.15. The van der Waals surface area contributed by atoms with Crippen LogP contribution in [-0.2, 0) is 4.79 Å². The van der Waals surface area contributed by atoms with Crippen LogP contribution in [0.2, 0.25) is 5.02 Å². The number of halogens is 1. The van der Waals surface area contributed by atoms with Crippen LogP contribution in [0, 0.1) is 0 Å². The number of carbonyl (C=O) groups excluding carboxylic acids is 1. The summed E-state index contributed by atoms with van der Waals surface area (Å²) in [5, 5.41) is 13.3. The van der Waals surface area contributed by atoms with E-state index < -0.39 is 5.97 Å². The highest BCUT2D eigenvalue weighted by atomic mass is 35.5. The van der Waals surface area contributed by atoms with Crippen LogP contribution in [-0.4, -0.2) is 23.8 Å². The zero-order valence-corrected chi connectivity index (χ0v) is 16.5. The zero-order chi connectivity index (χ0) is 20.1. The number of ether oxygens (including phenoxy) is 2. The number of hydrogen-bond acceptors (Lipinski definition) is 5. The Kier molecular flexibility index (Phi) is 4.22. The second-order valence-corrected chi connectivity index (χ2v) is 8.26. The van der Waals surface area contributed by atoms with E-state index in [4.69, 9.17) is 21.1 Å². The minimum absolute atomic E-state index is 0.162. The molecule has 0 spiro atoms. The van der Waals surface area contributed by atoms with Crippen molar-refractivity contribution in [3.8, 4) is 22.6 Å². The summed E-state index contributed by atoms with van der Waals surface area (Å²) in [4.78, 5) is 25.5. The van der Waals surface area contributed by atoms with E-state index in [-0.39, 0.29) is 29.9 Å². The van der Waals surface area contributed by atoms with Crippen LogP contribution >= 0.6 is 22.9 Å². The first-order valence-corrected chi connectivity index (χ1v) is 10.1. The second kappa shape index (κ2) is 6.79. The maximum absolute atomic E-state index is 12.5. The molecule has 0 fully saturated rings. The van der Waals surface area contributed by atoms with Gasteiger partial charge >= 0.3 is 5.97 Å². The van der Waals surface area contributed by atoms with Gasteiger partial charge in [0.1, 0.15) is 4.88 Å². The van der Waals surface area contributed by atoms with Crippen molar-refractivity contribution in [1.82, 2.24) is 0 Å². The third kappa shape index (κ3) is 3.03. The lowest BCUT2D eigenvalue weighted by molar-refractivity contribution is -0.116. The van der Waals surface area contributed by atoms with Crippen molar-refractivity contribution in [3.05, 3.63) is 62.8 Å². The molecule has 2 N–H and O–H groups in total. The van der Waals surface area contributed by atoms with Crippen molar-refractivity contribution < 1.29 is 24.2 Å². The Morgan fingerprint density at radius 3 is 2.66 bits per heavy atom. The highest BCUT2D eigenvalue weighted by Crippen LogP contribution is 2.50. The van der Waals surface area contributed by atoms with Crippen molar-refractivity contribution in [1.29, 1.82) is 0 Å². The van der Waals surface area contributed by atoms with Gasteiger partial charge in [0.15, 0.2) is 11.5 Å². The number of carboxylic acid groups (broad SMARTS) is 1. The molecule has 0 aliphatic carbocycles. The Balaban J connectivity index is 1.68. The summed E-state index contributed by atoms with van der Waals surface area (Å²) in [6.45, 7) is 0.165. The molecular formula is C21H14ClNO5S. The van der Waals surface area contributed by atoms with E-state index in [1.807, 2.05) is 18.2 Å². The van der Waals surface area contributed by atoms with Gasteiger partial charge in [-0.3, -0.25) is 4.79 Å². The predicted molar refractivity (Wildman–Crippen MR) is 109 cm³/mol. The number of aromatic carboxylic acids is 1. The molecule has 0 radical (unpaired) electrons. The van der Waals surface area contributed by atoms with Gasteiger partial charge in [-0.25, -0.2) is 4.79 Å². The van der Waals surface area contributed by atoms with E-state index >= 15 is 0 Å². The number of carbonyl (C=O) groups is 2. The van der Waals surface area contributed by atoms with Gasteiger partial charge in [0.25, 0.3) is 0 Å². The molecule has 0 unspecified atom stereocenters. The molecule has 146 valence electrons. The van der Waals surface area contributed by atoms with Crippen molar-refractivity contribution in [2.24, 2.45) is 0 Å². The molecule has 5 rings (SSSR count). The molecule has 3 heterocycles. The minimum Gasteiger partial charge on any atom is -0.477 e. The van der Waals surface area contributed by atoms with Gasteiger partial charge in [0, 0.05) is 27.8 Å². The smallest absolute Gasteiger partial charge is 0.346 e. The number of hydrogen-bond donors (Lipinski definition) is 2. The van der Waals surface area contributed by atoms with E-state index in [1.54, 1.807) is 24.3 Å². The van der Waals surface area contributed by atoms with Crippen LogP contribution in [0.1, 0.15) is 32.5 Å². The van der Waals surface area contributed by atoms with Gasteiger partial charge in [-0.1, -0.05) is 29.8 Å². The summed E-state index contributed by atoms with van der Waals surface area (Å²) in [6.07, 6.45) is 0.228. The van der Waals surface area contributed by atoms with E-state index in [9.17, 15) is 14.7 Å². The maximum Gasteiger partial charge on any atom is 0.346 e. The lowest BCUT2D eigenvalue weighted by atomic mass is 9.88. The van der Waals surface area contributed by atoms with Crippen molar-refractivity contribution in [3.63, 3.8) is 0 Å². The number of fused-ring (bicyclic) bond motifs is 2. The van der Waals surface area contributed by atoms with E-state index in [0.29, 0.717) is 33.3 Å². The monoisotopic (exact) mass is 427 g/mol. The van der Waals surface area contributed by atoms with Crippen molar-refractivity contribution >= 4 is 40.5 Å². The van der Waals surface area contributed by atoms with Crippen molar-refractivity contribution in [2.45, 2.75) is 12.3 Å².